The molecule has 0 bridgehead atoms. The van der Waals surface area contributed by atoms with Crippen LogP contribution >= 0.6 is 11.3 Å². The summed E-state index contributed by atoms with van der Waals surface area (Å²) in [6, 6.07) is 0. The first kappa shape index (κ1) is 5.73. The van der Waals surface area contributed by atoms with Crippen LogP contribution in [0.1, 0.15) is 5.56 Å². The number of aryl methyl sites for hydroxylation is 1. The average molecular weight is 151 g/mol. The molecule has 0 N–H and O–H groups in total. The molecule has 0 radical (unpaired) electrons. The minimum atomic E-state index is 0.917. The predicted octanol–water partition coefficient (Wildman–Crippen LogP) is 1.39. The van der Waals surface area contributed by atoms with Crippen molar-refractivity contribution in [2.24, 2.45) is 0 Å². The Balaban J connectivity index is 2.95. The number of thiazole rings is 1. The number of nitrogens with zero attached hydrogens (tertiary/aromatic N) is 3. The number of aromatic nitrogens is 3. The van der Waals surface area contributed by atoms with Crippen LogP contribution in [0.4, 0.5) is 0 Å². The van der Waals surface area contributed by atoms with Crippen molar-refractivity contribution in [3.63, 3.8) is 0 Å². The van der Waals surface area contributed by atoms with Crippen molar-refractivity contribution in [1.82, 2.24) is 15.2 Å². The minimum absolute atomic E-state index is 0.917. The van der Waals surface area contributed by atoms with E-state index < -0.39 is 0 Å². The molecule has 0 amide bonds. The topological polar surface area (TPSA) is 38.7 Å². The molecule has 0 atom stereocenters. The number of hydrogen-bond donors (Lipinski definition) is 0. The molecule has 2 aromatic heterocycles. The van der Waals surface area contributed by atoms with Crippen molar-refractivity contribution < 1.29 is 0 Å². The van der Waals surface area contributed by atoms with Gasteiger partial charge in [-0.05, 0) is 12.5 Å². The number of hydrogen-bond acceptors (Lipinski definition) is 4. The molecule has 0 aliphatic carbocycles. The highest BCUT2D eigenvalue weighted by molar-refractivity contribution is 7.16. The Morgan fingerprint density at radius 2 is 2.40 bits per heavy atom. The van der Waals surface area contributed by atoms with Gasteiger partial charge in [-0.2, -0.15) is 5.10 Å². The summed E-state index contributed by atoms with van der Waals surface area (Å²) in [5.41, 5.74) is 3.85. The second kappa shape index (κ2) is 1.98. The third kappa shape index (κ3) is 0.690. The first-order chi connectivity index (χ1) is 4.88. The van der Waals surface area contributed by atoms with Crippen molar-refractivity contribution >= 4 is 21.7 Å². The fraction of sp³-hybridized carbons (Fsp3) is 0.167. The Bertz CT molecular complexity index is 355. The van der Waals surface area contributed by atoms with E-state index in [1.807, 2.05) is 6.92 Å². The van der Waals surface area contributed by atoms with E-state index in [2.05, 4.69) is 15.2 Å². The van der Waals surface area contributed by atoms with Gasteiger partial charge in [-0.15, -0.1) is 16.4 Å². The lowest BCUT2D eigenvalue weighted by Gasteiger charge is -1.88. The van der Waals surface area contributed by atoms with Crippen LogP contribution in [-0.4, -0.2) is 15.2 Å². The van der Waals surface area contributed by atoms with Gasteiger partial charge < -0.3 is 0 Å². The molecule has 50 valence electrons. The Kier molecular flexibility index (Phi) is 1.14. The lowest BCUT2D eigenvalue weighted by molar-refractivity contribution is 1.07. The van der Waals surface area contributed by atoms with Crippen LogP contribution in [0.2, 0.25) is 0 Å². The van der Waals surface area contributed by atoms with Crippen molar-refractivity contribution in [3.8, 4) is 0 Å². The Hall–Kier alpha value is -1.03. The molecule has 4 heteroatoms. The van der Waals surface area contributed by atoms with Gasteiger partial charge in [0.15, 0.2) is 4.83 Å². The molecule has 0 aliphatic heterocycles. The van der Waals surface area contributed by atoms with Gasteiger partial charge in [-0.3, -0.25) is 0 Å². The van der Waals surface area contributed by atoms with Gasteiger partial charge in [0.2, 0.25) is 0 Å². The van der Waals surface area contributed by atoms with Gasteiger partial charge >= 0.3 is 0 Å². The van der Waals surface area contributed by atoms with Crippen LogP contribution in [0.3, 0.4) is 0 Å². The van der Waals surface area contributed by atoms with E-state index in [9.17, 15) is 0 Å². The molecule has 2 heterocycles. The zero-order valence-corrected chi connectivity index (χ0v) is 6.22. The summed E-state index contributed by atoms with van der Waals surface area (Å²) in [6.45, 7) is 1.98. The summed E-state index contributed by atoms with van der Waals surface area (Å²) in [5, 5.41) is 7.71. The Labute approximate surface area is 61.7 Å². The molecular formula is C6H5N3S. The van der Waals surface area contributed by atoms with Crippen LogP contribution in [-0.2, 0) is 0 Å². The standard InChI is InChI=1S/C6H5N3S/c1-4-2-8-9-6-5(4)7-3-10-6/h2-3H,1H3. The Morgan fingerprint density at radius 3 is 3.20 bits per heavy atom. The van der Waals surface area contributed by atoms with Gasteiger partial charge in [0.05, 0.1) is 11.7 Å². The van der Waals surface area contributed by atoms with Gasteiger partial charge in [-0.1, -0.05) is 0 Å². The minimum Gasteiger partial charge on any atom is -0.243 e. The van der Waals surface area contributed by atoms with Crippen LogP contribution in [0, 0.1) is 6.92 Å². The van der Waals surface area contributed by atoms with Crippen molar-refractivity contribution in [3.05, 3.63) is 17.3 Å². The Morgan fingerprint density at radius 1 is 1.50 bits per heavy atom. The normalized spacial score (nSPS) is 10.5. The molecule has 0 aromatic carbocycles. The van der Waals surface area contributed by atoms with E-state index in [1.165, 1.54) is 11.3 Å². The molecule has 3 nitrogen and oxygen atoms in total. The number of rotatable bonds is 0. The summed E-state index contributed by atoms with van der Waals surface area (Å²) in [6.07, 6.45) is 1.72. The highest BCUT2D eigenvalue weighted by Crippen LogP contribution is 2.15. The maximum absolute atomic E-state index is 4.13. The van der Waals surface area contributed by atoms with Crippen LogP contribution in [0.15, 0.2) is 11.7 Å². The first-order valence-corrected chi connectivity index (χ1v) is 3.77. The van der Waals surface area contributed by atoms with E-state index in [0.29, 0.717) is 0 Å². The smallest absolute Gasteiger partial charge is 0.166 e. The van der Waals surface area contributed by atoms with E-state index in [0.717, 1.165) is 15.9 Å². The maximum atomic E-state index is 4.13. The zero-order chi connectivity index (χ0) is 6.97. The second-order valence-electron chi connectivity index (χ2n) is 2.03. The molecule has 0 unspecified atom stereocenters. The van der Waals surface area contributed by atoms with Crippen LogP contribution in [0.5, 0.6) is 0 Å². The fourth-order valence-corrected chi connectivity index (χ4v) is 1.49. The summed E-state index contributed by atoms with van der Waals surface area (Å²) >= 11 is 1.52. The molecule has 0 aliphatic rings. The monoisotopic (exact) mass is 151 g/mol. The molecule has 10 heavy (non-hydrogen) atoms. The van der Waals surface area contributed by atoms with Gasteiger partial charge in [0.25, 0.3) is 0 Å². The maximum Gasteiger partial charge on any atom is 0.166 e. The SMILES string of the molecule is Cc1cnnc2scnc12. The number of fused-ring (bicyclic) bond motifs is 1. The predicted molar refractivity (Wildman–Crippen MR) is 39.9 cm³/mol. The third-order valence-corrected chi connectivity index (χ3v) is 2.03. The quantitative estimate of drug-likeness (QED) is 0.571. The largest absolute Gasteiger partial charge is 0.243 e. The lowest BCUT2D eigenvalue weighted by Crippen LogP contribution is -1.82. The fourth-order valence-electron chi connectivity index (χ4n) is 0.810. The lowest BCUT2D eigenvalue weighted by atomic mass is 10.3. The molecule has 0 fully saturated rings. The van der Waals surface area contributed by atoms with E-state index in [4.69, 9.17) is 0 Å². The van der Waals surface area contributed by atoms with Crippen LogP contribution in [0.25, 0.3) is 10.3 Å². The van der Waals surface area contributed by atoms with Crippen molar-refractivity contribution in [2.45, 2.75) is 6.92 Å². The highest BCUT2D eigenvalue weighted by Gasteiger charge is 1.99. The summed E-state index contributed by atoms with van der Waals surface area (Å²) in [4.78, 5) is 5.05. The molecule has 2 aromatic rings. The molecule has 0 saturated heterocycles. The molecular weight excluding hydrogens is 146 g/mol. The van der Waals surface area contributed by atoms with E-state index in [-0.39, 0.29) is 0 Å². The molecule has 0 spiro atoms. The van der Waals surface area contributed by atoms with Crippen molar-refractivity contribution in [2.75, 3.05) is 0 Å². The average Bonchev–Trinajstić information content (AvgIpc) is 2.36. The van der Waals surface area contributed by atoms with Gasteiger partial charge in [0, 0.05) is 0 Å². The van der Waals surface area contributed by atoms with Gasteiger partial charge in [-0.25, -0.2) is 4.98 Å². The molecule has 2 rings (SSSR count). The third-order valence-electron chi connectivity index (χ3n) is 1.32. The second-order valence-corrected chi connectivity index (χ2v) is 2.87. The summed E-state index contributed by atoms with van der Waals surface area (Å²) < 4.78 is 0. The van der Waals surface area contributed by atoms with E-state index >= 15 is 0 Å². The highest BCUT2D eigenvalue weighted by atomic mass is 32.1. The van der Waals surface area contributed by atoms with Gasteiger partial charge in [0.1, 0.15) is 5.52 Å². The van der Waals surface area contributed by atoms with E-state index in [1.54, 1.807) is 11.7 Å². The summed E-state index contributed by atoms with van der Waals surface area (Å²) in [7, 11) is 0. The first-order valence-electron chi connectivity index (χ1n) is 2.89. The molecule has 0 saturated carbocycles. The van der Waals surface area contributed by atoms with Crippen molar-refractivity contribution in [1.29, 1.82) is 0 Å². The van der Waals surface area contributed by atoms with Crippen LogP contribution < -0.4 is 0 Å². The zero-order valence-electron chi connectivity index (χ0n) is 5.40. The summed E-state index contributed by atoms with van der Waals surface area (Å²) in [5.74, 6) is 0.